The molecule has 1 unspecified atom stereocenters. The van der Waals surface area contributed by atoms with Gasteiger partial charge in [-0.1, -0.05) is 0 Å². The van der Waals surface area contributed by atoms with Crippen LogP contribution < -0.4 is 0 Å². The first-order valence-electron chi connectivity index (χ1n) is 6.21. The van der Waals surface area contributed by atoms with Crippen LogP contribution in [-0.4, -0.2) is 60.4 Å². The first-order chi connectivity index (χ1) is 7.68. The minimum absolute atomic E-state index is 0.368. The number of nitrogens with zero attached hydrogens (tertiary/aromatic N) is 2. The summed E-state index contributed by atoms with van der Waals surface area (Å²) in [6.07, 6.45) is 3.40. The number of hydrogen-bond acceptors (Lipinski definition) is 3. The smallest absolute Gasteiger partial charge is 0.226 e. The van der Waals surface area contributed by atoms with Gasteiger partial charge in [0, 0.05) is 24.8 Å². The van der Waals surface area contributed by atoms with E-state index in [-0.39, 0.29) is 0 Å². The van der Waals surface area contributed by atoms with E-state index in [1.165, 1.54) is 5.75 Å². The largest absolute Gasteiger partial charge is 0.337 e. The highest BCUT2D eigenvalue weighted by atomic mass is 32.2. The first kappa shape index (κ1) is 12.2. The Morgan fingerprint density at radius 2 is 2.19 bits per heavy atom. The maximum Gasteiger partial charge on any atom is 0.226 e. The number of carbonyl (C=O) groups excluding carboxylic acids is 1. The summed E-state index contributed by atoms with van der Waals surface area (Å²) in [5.74, 6) is 3.11. The number of hydrogen-bond donors (Lipinski definition) is 0. The van der Waals surface area contributed by atoms with Crippen molar-refractivity contribution >= 4 is 17.7 Å². The Morgan fingerprint density at radius 3 is 2.81 bits per heavy atom. The zero-order valence-electron chi connectivity index (χ0n) is 10.3. The molecule has 0 aromatic heterocycles. The highest BCUT2D eigenvalue weighted by molar-refractivity contribution is 7.99. The van der Waals surface area contributed by atoms with Crippen molar-refractivity contribution in [3.63, 3.8) is 0 Å². The number of amides is 1. The van der Waals surface area contributed by atoms with E-state index >= 15 is 0 Å². The molecule has 2 fully saturated rings. The predicted molar refractivity (Wildman–Crippen MR) is 68.7 cm³/mol. The van der Waals surface area contributed by atoms with Crippen molar-refractivity contribution in [3.05, 3.63) is 0 Å². The topological polar surface area (TPSA) is 23.6 Å². The lowest BCUT2D eigenvalue weighted by atomic mass is 10.2. The van der Waals surface area contributed by atoms with E-state index in [1.807, 2.05) is 11.8 Å². The van der Waals surface area contributed by atoms with Gasteiger partial charge >= 0.3 is 0 Å². The molecular weight excluding hydrogens is 220 g/mol. The lowest BCUT2D eigenvalue weighted by Crippen LogP contribution is -2.47. The molecule has 2 rings (SSSR count). The van der Waals surface area contributed by atoms with Crippen molar-refractivity contribution in [3.8, 4) is 0 Å². The molecule has 1 saturated heterocycles. The van der Waals surface area contributed by atoms with Crippen LogP contribution in [0.25, 0.3) is 0 Å². The fraction of sp³-hybridized carbons (Fsp3) is 0.917. The van der Waals surface area contributed by atoms with Crippen molar-refractivity contribution in [1.82, 2.24) is 9.80 Å². The van der Waals surface area contributed by atoms with E-state index in [9.17, 15) is 4.79 Å². The van der Waals surface area contributed by atoms with Gasteiger partial charge in [0.2, 0.25) is 5.91 Å². The minimum Gasteiger partial charge on any atom is -0.337 e. The molecule has 1 aliphatic carbocycles. The summed E-state index contributed by atoms with van der Waals surface area (Å²) in [6.45, 7) is 1.98. The highest BCUT2D eigenvalue weighted by Crippen LogP contribution is 2.32. The molecule has 0 N–H and O–H groups in total. The molecule has 3 nitrogen and oxygen atoms in total. The van der Waals surface area contributed by atoms with Crippen LogP contribution in [0.4, 0.5) is 0 Å². The second-order valence-corrected chi connectivity index (χ2v) is 6.30. The van der Waals surface area contributed by atoms with E-state index in [0.717, 1.165) is 38.1 Å². The standard InChI is InChI=1S/C12H22N2OS/c1-13(2)8-11-9-16-7-3-6-14(11)12(15)10-4-5-10/h10-11H,3-9H2,1-2H3. The predicted octanol–water partition coefficient (Wildman–Crippen LogP) is 1.29. The molecular formula is C12H22N2OS. The minimum atomic E-state index is 0.368. The van der Waals surface area contributed by atoms with Crippen molar-refractivity contribution in [2.75, 3.05) is 38.7 Å². The monoisotopic (exact) mass is 242 g/mol. The van der Waals surface area contributed by atoms with E-state index in [0.29, 0.717) is 17.9 Å². The van der Waals surface area contributed by atoms with Gasteiger partial charge in [-0.15, -0.1) is 0 Å². The average molecular weight is 242 g/mol. The van der Waals surface area contributed by atoms with Crippen LogP contribution in [-0.2, 0) is 4.79 Å². The van der Waals surface area contributed by atoms with Gasteiger partial charge in [0.05, 0.1) is 6.04 Å². The van der Waals surface area contributed by atoms with E-state index in [1.54, 1.807) is 0 Å². The summed E-state index contributed by atoms with van der Waals surface area (Å²) in [6, 6.07) is 0.426. The molecule has 0 radical (unpaired) electrons. The van der Waals surface area contributed by atoms with Crippen LogP contribution >= 0.6 is 11.8 Å². The summed E-state index contributed by atoms with van der Waals surface area (Å²) in [5, 5.41) is 0. The molecule has 92 valence electrons. The maximum atomic E-state index is 12.2. The van der Waals surface area contributed by atoms with Crippen molar-refractivity contribution in [2.24, 2.45) is 5.92 Å². The molecule has 0 aromatic rings. The molecule has 16 heavy (non-hydrogen) atoms. The van der Waals surface area contributed by atoms with Crippen LogP contribution in [0.2, 0.25) is 0 Å². The summed E-state index contributed by atoms with van der Waals surface area (Å²) in [5.41, 5.74) is 0. The Balaban J connectivity index is 1.99. The summed E-state index contributed by atoms with van der Waals surface area (Å²) < 4.78 is 0. The van der Waals surface area contributed by atoms with Gasteiger partial charge in [0.25, 0.3) is 0 Å². The third kappa shape index (κ3) is 3.14. The lowest BCUT2D eigenvalue weighted by molar-refractivity contribution is -0.134. The number of rotatable bonds is 3. The average Bonchev–Trinajstić information content (AvgIpc) is 3.03. The molecule has 1 heterocycles. The van der Waals surface area contributed by atoms with E-state index in [2.05, 4.69) is 23.9 Å². The zero-order valence-corrected chi connectivity index (χ0v) is 11.1. The molecule has 1 amide bonds. The van der Waals surface area contributed by atoms with E-state index in [4.69, 9.17) is 0 Å². The normalized spacial score (nSPS) is 26.9. The van der Waals surface area contributed by atoms with Crippen LogP contribution in [0.3, 0.4) is 0 Å². The second kappa shape index (κ2) is 5.41. The fourth-order valence-corrected chi connectivity index (χ4v) is 3.31. The summed E-state index contributed by atoms with van der Waals surface area (Å²) in [7, 11) is 4.19. The van der Waals surface area contributed by atoms with Gasteiger partial charge in [0.1, 0.15) is 0 Å². The van der Waals surface area contributed by atoms with Gasteiger partial charge in [-0.25, -0.2) is 0 Å². The maximum absolute atomic E-state index is 12.2. The lowest BCUT2D eigenvalue weighted by Gasteiger charge is -2.31. The molecule has 0 spiro atoms. The Kier molecular flexibility index (Phi) is 4.14. The van der Waals surface area contributed by atoms with Crippen molar-refractivity contribution in [2.45, 2.75) is 25.3 Å². The highest BCUT2D eigenvalue weighted by Gasteiger charge is 2.36. The summed E-state index contributed by atoms with van der Waals surface area (Å²) >= 11 is 2.00. The molecule has 0 bridgehead atoms. The van der Waals surface area contributed by atoms with Gasteiger partial charge in [-0.3, -0.25) is 4.79 Å². The quantitative estimate of drug-likeness (QED) is 0.745. The summed E-state index contributed by atoms with van der Waals surface area (Å²) in [4.78, 5) is 16.6. The third-order valence-corrected chi connectivity index (χ3v) is 4.42. The van der Waals surface area contributed by atoms with Crippen molar-refractivity contribution in [1.29, 1.82) is 0 Å². The van der Waals surface area contributed by atoms with E-state index < -0.39 is 0 Å². The molecule has 1 atom stereocenters. The SMILES string of the molecule is CN(C)CC1CSCCCN1C(=O)C1CC1. The number of likely N-dealkylation sites (N-methyl/N-ethyl adjacent to an activating group) is 1. The molecule has 1 saturated carbocycles. The Labute approximate surface area is 103 Å². The van der Waals surface area contributed by atoms with Gasteiger partial charge in [0.15, 0.2) is 0 Å². The number of carbonyl (C=O) groups is 1. The third-order valence-electron chi connectivity index (χ3n) is 3.22. The van der Waals surface area contributed by atoms with Gasteiger partial charge in [-0.05, 0) is 39.1 Å². The van der Waals surface area contributed by atoms with Crippen molar-refractivity contribution < 1.29 is 4.79 Å². The van der Waals surface area contributed by atoms with Gasteiger partial charge in [-0.2, -0.15) is 11.8 Å². The van der Waals surface area contributed by atoms with Gasteiger partial charge < -0.3 is 9.80 Å². The van der Waals surface area contributed by atoms with Crippen LogP contribution in [0.15, 0.2) is 0 Å². The zero-order chi connectivity index (χ0) is 11.5. The Bertz CT molecular complexity index is 253. The molecule has 0 aromatic carbocycles. The molecule has 2 aliphatic rings. The van der Waals surface area contributed by atoms with Crippen LogP contribution in [0.1, 0.15) is 19.3 Å². The first-order valence-corrected chi connectivity index (χ1v) is 7.37. The molecule has 1 aliphatic heterocycles. The number of thioether (sulfide) groups is 1. The Hall–Kier alpha value is -0.220. The molecule has 4 heteroatoms. The van der Waals surface area contributed by atoms with Crippen LogP contribution in [0, 0.1) is 5.92 Å². The Morgan fingerprint density at radius 1 is 1.44 bits per heavy atom. The van der Waals surface area contributed by atoms with Crippen LogP contribution in [0.5, 0.6) is 0 Å². The fourth-order valence-electron chi connectivity index (χ4n) is 2.26. The second-order valence-electron chi connectivity index (χ2n) is 5.15.